The average molecular weight is 317 g/mol. The molecule has 0 bridgehead atoms. The number of hydrogen-bond donors (Lipinski definition) is 2. The number of nitrogens with one attached hydrogen (secondary N) is 2. The van der Waals surface area contributed by atoms with Crippen LogP contribution in [-0.2, 0) is 11.2 Å². The zero-order valence-electron chi connectivity index (χ0n) is 14.1. The first-order chi connectivity index (χ1) is 11.3. The fourth-order valence-electron chi connectivity index (χ4n) is 2.58. The SMILES string of the molecule is CN=C(NCCC1=CCOCC1)NCCc1ccccc1OC. The summed E-state index contributed by atoms with van der Waals surface area (Å²) in [6.45, 7) is 3.30. The van der Waals surface area contributed by atoms with Gasteiger partial charge in [-0.3, -0.25) is 4.99 Å². The fraction of sp³-hybridized carbons (Fsp3) is 0.500. The molecule has 23 heavy (non-hydrogen) atoms. The minimum Gasteiger partial charge on any atom is -0.496 e. The van der Waals surface area contributed by atoms with Crippen LogP contribution in [0.5, 0.6) is 5.75 Å². The number of ether oxygens (including phenoxy) is 2. The van der Waals surface area contributed by atoms with Crippen molar-refractivity contribution < 1.29 is 9.47 Å². The number of rotatable bonds is 7. The Morgan fingerprint density at radius 1 is 1.22 bits per heavy atom. The highest BCUT2D eigenvalue weighted by atomic mass is 16.5. The number of benzene rings is 1. The quantitative estimate of drug-likeness (QED) is 0.460. The van der Waals surface area contributed by atoms with Crippen molar-refractivity contribution in [3.63, 3.8) is 0 Å². The second kappa shape index (κ2) is 9.90. The molecule has 2 rings (SSSR count). The second-order valence-corrected chi connectivity index (χ2v) is 5.42. The molecule has 0 saturated heterocycles. The minimum atomic E-state index is 0.751. The molecule has 0 spiro atoms. The molecule has 1 heterocycles. The molecule has 0 unspecified atom stereocenters. The lowest BCUT2D eigenvalue weighted by molar-refractivity contribution is 0.153. The van der Waals surface area contributed by atoms with Crippen LogP contribution in [-0.4, -0.2) is 46.4 Å². The van der Waals surface area contributed by atoms with E-state index in [0.717, 1.165) is 57.3 Å². The summed E-state index contributed by atoms with van der Waals surface area (Å²) in [5.74, 6) is 1.77. The Morgan fingerprint density at radius 2 is 2.00 bits per heavy atom. The number of guanidine groups is 1. The van der Waals surface area contributed by atoms with Gasteiger partial charge in [0.05, 0.1) is 20.3 Å². The van der Waals surface area contributed by atoms with Gasteiger partial charge in [-0.1, -0.05) is 29.8 Å². The van der Waals surface area contributed by atoms with E-state index in [0.29, 0.717) is 0 Å². The second-order valence-electron chi connectivity index (χ2n) is 5.42. The van der Waals surface area contributed by atoms with Crippen LogP contribution in [0.15, 0.2) is 40.9 Å². The third-order valence-corrected chi connectivity index (χ3v) is 3.90. The van der Waals surface area contributed by atoms with Crippen LogP contribution in [0.4, 0.5) is 0 Å². The number of para-hydroxylation sites is 1. The van der Waals surface area contributed by atoms with Crippen molar-refractivity contribution in [2.45, 2.75) is 19.3 Å². The van der Waals surface area contributed by atoms with Crippen LogP contribution in [0.25, 0.3) is 0 Å². The van der Waals surface area contributed by atoms with Crippen molar-refractivity contribution in [3.8, 4) is 5.75 Å². The molecule has 5 nitrogen and oxygen atoms in total. The van der Waals surface area contributed by atoms with E-state index in [1.54, 1.807) is 14.2 Å². The van der Waals surface area contributed by atoms with Gasteiger partial charge in [0, 0.05) is 20.1 Å². The maximum atomic E-state index is 5.37. The van der Waals surface area contributed by atoms with Crippen molar-refractivity contribution in [2.75, 3.05) is 40.5 Å². The highest BCUT2D eigenvalue weighted by Crippen LogP contribution is 2.17. The molecule has 0 radical (unpaired) electrons. The summed E-state index contributed by atoms with van der Waals surface area (Å²) in [5, 5.41) is 6.70. The van der Waals surface area contributed by atoms with Gasteiger partial charge in [0.15, 0.2) is 5.96 Å². The van der Waals surface area contributed by atoms with Gasteiger partial charge in [0.25, 0.3) is 0 Å². The molecule has 0 atom stereocenters. The molecular formula is C18H27N3O2. The van der Waals surface area contributed by atoms with E-state index in [4.69, 9.17) is 9.47 Å². The molecule has 0 amide bonds. The van der Waals surface area contributed by atoms with Crippen LogP contribution in [0, 0.1) is 0 Å². The van der Waals surface area contributed by atoms with E-state index in [2.05, 4.69) is 27.8 Å². The molecule has 0 aliphatic carbocycles. The van der Waals surface area contributed by atoms with Crippen molar-refractivity contribution >= 4 is 5.96 Å². The first-order valence-corrected chi connectivity index (χ1v) is 8.15. The highest BCUT2D eigenvalue weighted by Gasteiger charge is 2.05. The zero-order chi connectivity index (χ0) is 16.3. The Hall–Kier alpha value is -2.01. The van der Waals surface area contributed by atoms with Gasteiger partial charge < -0.3 is 20.1 Å². The van der Waals surface area contributed by atoms with Gasteiger partial charge in [-0.25, -0.2) is 0 Å². The molecule has 1 aromatic rings. The molecule has 1 aliphatic rings. The van der Waals surface area contributed by atoms with E-state index >= 15 is 0 Å². The molecule has 0 aromatic heterocycles. The predicted molar refractivity (Wildman–Crippen MR) is 94.2 cm³/mol. The Balaban J connectivity index is 1.69. The van der Waals surface area contributed by atoms with Crippen molar-refractivity contribution in [1.82, 2.24) is 10.6 Å². The van der Waals surface area contributed by atoms with Crippen LogP contribution >= 0.6 is 0 Å². The van der Waals surface area contributed by atoms with Crippen LogP contribution in [0.3, 0.4) is 0 Å². The van der Waals surface area contributed by atoms with Gasteiger partial charge in [-0.2, -0.15) is 0 Å². The number of methoxy groups -OCH3 is 1. The summed E-state index contributed by atoms with van der Waals surface area (Å²) in [7, 11) is 3.50. The lowest BCUT2D eigenvalue weighted by atomic mass is 10.1. The molecular weight excluding hydrogens is 290 g/mol. The van der Waals surface area contributed by atoms with E-state index in [1.807, 2.05) is 18.2 Å². The normalized spacial score (nSPS) is 15.0. The maximum Gasteiger partial charge on any atom is 0.190 e. The maximum absolute atomic E-state index is 5.37. The molecule has 126 valence electrons. The summed E-state index contributed by atoms with van der Waals surface area (Å²) in [4.78, 5) is 4.26. The van der Waals surface area contributed by atoms with Crippen molar-refractivity contribution in [2.24, 2.45) is 4.99 Å². The molecule has 2 N–H and O–H groups in total. The topological polar surface area (TPSA) is 54.9 Å². The van der Waals surface area contributed by atoms with E-state index in [1.165, 1.54) is 11.1 Å². The predicted octanol–water partition coefficient (Wildman–Crippen LogP) is 2.14. The number of nitrogens with zero attached hydrogens (tertiary/aromatic N) is 1. The van der Waals surface area contributed by atoms with Crippen LogP contribution in [0.1, 0.15) is 18.4 Å². The average Bonchev–Trinajstić information content (AvgIpc) is 2.61. The summed E-state index contributed by atoms with van der Waals surface area (Å²) in [6, 6.07) is 8.10. The van der Waals surface area contributed by atoms with Crippen LogP contribution < -0.4 is 15.4 Å². The monoisotopic (exact) mass is 317 g/mol. The summed E-state index contributed by atoms with van der Waals surface area (Å²) in [6.07, 6.45) is 5.16. The van der Waals surface area contributed by atoms with Gasteiger partial charge >= 0.3 is 0 Å². The largest absolute Gasteiger partial charge is 0.496 e. The standard InChI is InChI=1S/C18H27N3O2/c1-19-18(20-11-7-15-9-13-23-14-10-15)21-12-8-16-5-3-4-6-17(16)22-2/h3-6,9H,7-8,10-14H2,1-2H3,(H2,19,20,21). The summed E-state index contributed by atoms with van der Waals surface area (Å²) < 4.78 is 10.7. The third kappa shape index (κ3) is 5.94. The first-order valence-electron chi connectivity index (χ1n) is 8.15. The lowest BCUT2D eigenvalue weighted by Crippen LogP contribution is -2.38. The molecule has 5 heteroatoms. The van der Waals surface area contributed by atoms with Crippen LogP contribution in [0.2, 0.25) is 0 Å². The minimum absolute atomic E-state index is 0.751. The highest BCUT2D eigenvalue weighted by molar-refractivity contribution is 5.79. The Kier molecular flexibility index (Phi) is 7.46. The van der Waals surface area contributed by atoms with E-state index < -0.39 is 0 Å². The van der Waals surface area contributed by atoms with Crippen molar-refractivity contribution in [3.05, 3.63) is 41.5 Å². The van der Waals surface area contributed by atoms with Gasteiger partial charge in [-0.15, -0.1) is 0 Å². The van der Waals surface area contributed by atoms with Gasteiger partial charge in [-0.05, 0) is 30.9 Å². The van der Waals surface area contributed by atoms with E-state index in [9.17, 15) is 0 Å². The van der Waals surface area contributed by atoms with Gasteiger partial charge in [0.1, 0.15) is 5.75 Å². The summed E-state index contributed by atoms with van der Waals surface area (Å²) in [5.41, 5.74) is 2.67. The third-order valence-electron chi connectivity index (χ3n) is 3.90. The Morgan fingerprint density at radius 3 is 2.70 bits per heavy atom. The number of hydrogen-bond acceptors (Lipinski definition) is 3. The summed E-state index contributed by atoms with van der Waals surface area (Å²) >= 11 is 0. The van der Waals surface area contributed by atoms with Crippen molar-refractivity contribution in [1.29, 1.82) is 0 Å². The number of aliphatic imine (C=N–C) groups is 1. The molecule has 1 aromatic carbocycles. The zero-order valence-corrected chi connectivity index (χ0v) is 14.1. The van der Waals surface area contributed by atoms with E-state index in [-0.39, 0.29) is 0 Å². The molecule has 1 aliphatic heterocycles. The Labute approximate surface area is 138 Å². The molecule has 0 saturated carbocycles. The first kappa shape index (κ1) is 17.3. The fourth-order valence-corrected chi connectivity index (χ4v) is 2.58. The van der Waals surface area contributed by atoms with Gasteiger partial charge in [0.2, 0.25) is 0 Å². The lowest BCUT2D eigenvalue weighted by Gasteiger charge is -2.16. The molecule has 0 fully saturated rings. The Bertz CT molecular complexity index is 541. The smallest absolute Gasteiger partial charge is 0.190 e.